The fourth-order valence-corrected chi connectivity index (χ4v) is 2.16. The van der Waals surface area contributed by atoms with Crippen molar-refractivity contribution in [1.29, 1.82) is 0 Å². The first kappa shape index (κ1) is 16.2. The van der Waals surface area contributed by atoms with Crippen LogP contribution in [0.4, 0.5) is 0 Å². The van der Waals surface area contributed by atoms with Crippen molar-refractivity contribution >= 4 is 0 Å². The molecule has 0 aromatic carbocycles. The van der Waals surface area contributed by atoms with E-state index in [4.69, 9.17) is 9.47 Å². The maximum atomic E-state index is 5.22. The molecule has 0 amide bonds. The average molecular weight is 301 g/mol. The van der Waals surface area contributed by atoms with Gasteiger partial charge in [0.2, 0.25) is 0 Å². The van der Waals surface area contributed by atoms with Crippen LogP contribution in [0.25, 0.3) is 0 Å². The lowest BCUT2D eigenvalue weighted by atomic mass is 10.2. The maximum Gasteiger partial charge on any atom is 0.122 e. The van der Waals surface area contributed by atoms with Gasteiger partial charge in [0, 0.05) is 61.8 Å². The van der Waals surface area contributed by atoms with E-state index >= 15 is 0 Å². The zero-order valence-electron chi connectivity index (χ0n) is 13.5. The lowest BCUT2D eigenvalue weighted by Crippen LogP contribution is -2.24. The molecule has 5 heteroatoms. The summed E-state index contributed by atoms with van der Waals surface area (Å²) in [6, 6.07) is 7.69. The van der Waals surface area contributed by atoms with Gasteiger partial charge in [-0.05, 0) is 19.2 Å². The molecule has 0 saturated carbocycles. The fourth-order valence-electron chi connectivity index (χ4n) is 2.16. The number of rotatable bonds is 8. The zero-order valence-corrected chi connectivity index (χ0v) is 13.5. The van der Waals surface area contributed by atoms with E-state index in [0.717, 1.165) is 48.8 Å². The Morgan fingerprint density at radius 1 is 0.864 bits per heavy atom. The minimum atomic E-state index is 0.855. The molecular formula is C17H23N3O2. The van der Waals surface area contributed by atoms with Gasteiger partial charge in [0.1, 0.15) is 11.5 Å². The smallest absolute Gasteiger partial charge is 0.122 e. The van der Waals surface area contributed by atoms with Gasteiger partial charge in [-0.15, -0.1) is 0 Å². The summed E-state index contributed by atoms with van der Waals surface area (Å²) < 4.78 is 10.4. The van der Waals surface area contributed by atoms with Gasteiger partial charge >= 0.3 is 0 Å². The van der Waals surface area contributed by atoms with Crippen LogP contribution in [-0.4, -0.2) is 49.2 Å². The summed E-state index contributed by atoms with van der Waals surface area (Å²) in [7, 11) is 5.46. The molecule has 5 nitrogen and oxygen atoms in total. The molecule has 0 bridgehead atoms. The van der Waals surface area contributed by atoms with E-state index < -0.39 is 0 Å². The van der Waals surface area contributed by atoms with E-state index in [1.165, 1.54) is 0 Å². The second-order valence-corrected chi connectivity index (χ2v) is 5.18. The number of aromatic nitrogens is 2. The Bertz CT molecular complexity index is 538. The quantitative estimate of drug-likeness (QED) is 0.748. The SMILES string of the molecule is COc1ccnc(CCN(C)CCc2cc(OC)ccn2)c1. The summed E-state index contributed by atoms with van der Waals surface area (Å²) in [6.07, 6.45) is 5.38. The van der Waals surface area contributed by atoms with Crippen LogP contribution in [-0.2, 0) is 12.8 Å². The Balaban J connectivity index is 1.78. The third kappa shape index (κ3) is 5.00. The molecule has 0 atom stereocenters. The molecule has 0 N–H and O–H groups in total. The summed E-state index contributed by atoms with van der Waals surface area (Å²) in [4.78, 5) is 11.0. The van der Waals surface area contributed by atoms with Gasteiger partial charge in [-0.3, -0.25) is 9.97 Å². The predicted octanol–water partition coefficient (Wildman–Crippen LogP) is 2.21. The predicted molar refractivity (Wildman–Crippen MR) is 86.5 cm³/mol. The van der Waals surface area contributed by atoms with Crippen molar-refractivity contribution in [1.82, 2.24) is 14.9 Å². The van der Waals surface area contributed by atoms with Gasteiger partial charge in [0.05, 0.1) is 14.2 Å². The summed E-state index contributed by atoms with van der Waals surface area (Å²) in [5.74, 6) is 1.71. The molecule has 0 aliphatic heterocycles. The highest BCUT2D eigenvalue weighted by Crippen LogP contribution is 2.12. The Kier molecular flexibility index (Phi) is 6.15. The van der Waals surface area contributed by atoms with E-state index in [9.17, 15) is 0 Å². The molecule has 0 radical (unpaired) electrons. The Morgan fingerprint density at radius 3 is 1.73 bits per heavy atom. The van der Waals surface area contributed by atoms with Crippen molar-refractivity contribution in [3.8, 4) is 11.5 Å². The van der Waals surface area contributed by atoms with Gasteiger partial charge < -0.3 is 14.4 Å². The average Bonchev–Trinajstić information content (AvgIpc) is 2.58. The van der Waals surface area contributed by atoms with E-state index in [-0.39, 0.29) is 0 Å². The highest BCUT2D eigenvalue weighted by Gasteiger charge is 2.04. The number of methoxy groups -OCH3 is 2. The molecule has 0 unspecified atom stereocenters. The second kappa shape index (κ2) is 8.34. The number of pyridine rings is 2. The van der Waals surface area contributed by atoms with Gasteiger partial charge in [-0.2, -0.15) is 0 Å². The number of hydrogen-bond donors (Lipinski definition) is 0. The normalized spacial score (nSPS) is 10.7. The van der Waals surface area contributed by atoms with Crippen molar-refractivity contribution in [3.63, 3.8) is 0 Å². The summed E-state index contributed by atoms with van der Waals surface area (Å²) >= 11 is 0. The molecule has 0 fully saturated rings. The monoisotopic (exact) mass is 301 g/mol. The second-order valence-electron chi connectivity index (χ2n) is 5.18. The Labute approximate surface area is 131 Å². The lowest BCUT2D eigenvalue weighted by Gasteiger charge is -2.16. The molecule has 2 heterocycles. The van der Waals surface area contributed by atoms with Crippen LogP contribution in [0.2, 0.25) is 0 Å². The minimum Gasteiger partial charge on any atom is -0.497 e. The zero-order chi connectivity index (χ0) is 15.8. The van der Waals surface area contributed by atoms with Gasteiger partial charge in [-0.1, -0.05) is 0 Å². The van der Waals surface area contributed by atoms with Crippen LogP contribution >= 0.6 is 0 Å². The van der Waals surface area contributed by atoms with Crippen molar-refractivity contribution in [2.75, 3.05) is 34.4 Å². The van der Waals surface area contributed by atoms with Crippen molar-refractivity contribution < 1.29 is 9.47 Å². The molecular weight excluding hydrogens is 278 g/mol. The highest BCUT2D eigenvalue weighted by atomic mass is 16.5. The summed E-state index contributed by atoms with van der Waals surface area (Å²) in [5.41, 5.74) is 2.09. The third-order valence-corrected chi connectivity index (χ3v) is 3.55. The standard InChI is InChI=1S/C17H23N3O2/c1-20(10-6-14-12-16(21-2)4-8-18-14)11-7-15-13-17(22-3)5-9-19-15/h4-5,8-9,12-13H,6-7,10-11H2,1-3H3. The highest BCUT2D eigenvalue weighted by molar-refractivity contribution is 5.23. The number of ether oxygens (including phenoxy) is 2. The van der Waals surface area contributed by atoms with Crippen molar-refractivity contribution in [2.24, 2.45) is 0 Å². The third-order valence-electron chi connectivity index (χ3n) is 3.55. The van der Waals surface area contributed by atoms with Crippen LogP contribution in [0.1, 0.15) is 11.4 Å². The fraction of sp³-hybridized carbons (Fsp3) is 0.412. The largest absolute Gasteiger partial charge is 0.497 e. The van der Waals surface area contributed by atoms with Crippen LogP contribution in [0.3, 0.4) is 0 Å². The number of hydrogen-bond acceptors (Lipinski definition) is 5. The first-order chi connectivity index (χ1) is 10.7. The van der Waals surface area contributed by atoms with E-state index in [2.05, 4.69) is 21.9 Å². The molecule has 0 saturated heterocycles. The molecule has 2 aromatic heterocycles. The van der Waals surface area contributed by atoms with E-state index in [1.54, 1.807) is 26.6 Å². The van der Waals surface area contributed by atoms with Gasteiger partial charge in [0.25, 0.3) is 0 Å². The van der Waals surface area contributed by atoms with Crippen molar-refractivity contribution in [2.45, 2.75) is 12.8 Å². The van der Waals surface area contributed by atoms with Crippen LogP contribution in [0.5, 0.6) is 11.5 Å². The van der Waals surface area contributed by atoms with Crippen molar-refractivity contribution in [3.05, 3.63) is 48.0 Å². The van der Waals surface area contributed by atoms with Gasteiger partial charge in [0.15, 0.2) is 0 Å². The lowest BCUT2D eigenvalue weighted by molar-refractivity contribution is 0.339. The first-order valence-corrected chi connectivity index (χ1v) is 7.37. The van der Waals surface area contributed by atoms with Crippen LogP contribution < -0.4 is 9.47 Å². The Morgan fingerprint density at radius 2 is 1.32 bits per heavy atom. The van der Waals surface area contributed by atoms with Crippen LogP contribution in [0, 0.1) is 0 Å². The molecule has 22 heavy (non-hydrogen) atoms. The topological polar surface area (TPSA) is 47.5 Å². The minimum absolute atomic E-state index is 0.855. The molecule has 118 valence electrons. The van der Waals surface area contributed by atoms with Gasteiger partial charge in [-0.25, -0.2) is 0 Å². The number of likely N-dealkylation sites (N-methyl/N-ethyl adjacent to an activating group) is 1. The maximum absolute atomic E-state index is 5.22. The number of nitrogens with zero attached hydrogens (tertiary/aromatic N) is 3. The van der Waals surface area contributed by atoms with E-state index in [0.29, 0.717) is 0 Å². The Hall–Kier alpha value is -2.14. The van der Waals surface area contributed by atoms with E-state index in [1.807, 2.05) is 24.3 Å². The molecule has 0 aliphatic carbocycles. The molecule has 0 spiro atoms. The molecule has 0 aliphatic rings. The first-order valence-electron chi connectivity index (χ1n) is 7.37. The summed E-state index contributed by atoms with van der Waals surface area (Å²) in [5, 5.41) is 0. The molecule has 2 aromatic rings. The molecule has 2 rings (SSSR count). The van der Waals surface area contributed by atoms with Crippen LogP contribution in [0.15, 0.2) is 36.7 Å². The summed E-state index contributed by atoms with van der Waals surface area (Å²) in [6.45, 7) is 1.90.